The third-order valence-corrected chi connectivity index (χ3v) is 4.05. The van der Waals surface area contributed by atoms with Crippen molar-refractivity contribution < 1.29 is 27.8 Å². The number of alkyl halides is 3. The molecule has 0 saturated carbocycles. The van der Waals surface area contributed by atoms with E-state index in [1.807, 2.05) is 0 Å². The van der Waals surface area contributed by atoms with Crippen molar-refractivity contribution in [2.24, 2.45) is 0 Å². The van der Waals surface area contributed by atoms with Crippen molar-refractivity contribution in [1.29, 1.82) is 0 Å². The number of aliphatic hydroxyl groups is 1. The van der Waals surface area contributed by atoms with Crippen LogP contribution in [-0.4, -0.2) is 23.7 Å². The Labute approximate surface area is 114 Å². The van der Waals surface area contributed by atoms with E-state index in [1.54, 1.807) is 26.0 Å². The largest absolute Gasteiger partial charge is 0.454 e. The van der Waals surface area contributed by atoms with Crippen LogP contribution in [0.4, 0.5) is 13.2 Å². The Morgan fingerprint density at radius 1 is 1.20 bits per heavy atom. The molecule has 3 nitrogen and oxygen atoms in total. The van der Waals surface area contributed by atoms with Crippen molar-refractivity contribution in [2.45, 2.75) is 43.9 Å². The summed E-state index contributed by atoms with van der Waals surface area (Å²) < 4.78 is 50.1. The van der Waals surface area contributed by atoms with Gasteiger partial charge in [0.1, 0.15) is 0 Å². The highest BCUT2D eigenvalue weighted by atomic mass is 19.4. The fourth-order valence-electron chi connectivity index (χ4n) is 3.30. The summed E-state index contributed by atoms with van der Waals surface area (Å²) >= 11 is 0. The molecule has 1 aliphatic carbocycles. The molecule has 1 N–H and O–H groups in total. The van der Waals surface area contributed by atoms with Crippen molar-refractivity contribution in [3.63, 3.8) is 0 Å². The summed E-state index contributed by atoms with van der Waals surface area (Å²) in [6.45, 7) is 3.44. The van der Waals surface area contributed by atoms with Gasteiger partial charge in [0.2, 0.25) is 6.79 Å². The van der Waals surface area contributed by atoms with Crippen LogP contribution in [-0.2, 0) is 11.8 Å². The topological polar surface area (TPSA) is 38.7 Å². The Hall–Kier alpha value is -1.43. The first kappa shape index (κ1) is 13.5. The summed E-state index contributed by atoms with van der Waals surface area (Å²) in [6.07, 6.45) is -5.50. The zero-order chi connectivity index (χ0) is 14.8. The average molecular weight is 288 g/mol. The maximum Gasteiger partial charge on any atom is 0.417 e. The molecule has 0 fully saturated rings. The lowest BCUT2D eigenvalue weighted by Crippen LogP contribution is -2.53. The fourth-order valence-corrected chi connectivity index (χ4v) is 3.30. The maximum atomic E-state index is 13.1. The number of hydrogen-bond donors (Lipinski definition) is 1. The molecule has 0 spiro atoms. The number of ether oxygens (including phenoxy) is 2. The average Bonchev–Trinajstić information content (AvgIpc) is 2.72. The van der Waals surface area contributed by atoms with Gasteiger partial charge in [-0.25, -0.2) is 0 Å². The first-order chi connectivity index (χ1) is 9.14. The van der Waals surface area contributed by atoms with E-state index in [0.717, 1.165) is 0 Å². The highest BCUT2D eigenvalue weighted by molar-refractivity contribution is 5.57. The van der Waals surface area contributed by atoms with Crippen LogP contribution in [0.15, 0.2) is 12.1 Å². The molecule has 20 heavy (non-hydrogen) atoms. The van der Waals surface area contributed by atoms with Gasteiger partial charge < -0.3 is 14.6 Å². The molecule has 0 aromatic heterocycles. The van der Waals surface area contributed by atoms with Gasteiger partial charge in [0.25, 0.3) is 0 Å². The summed E-state index contributed by atoms with van der Waals surface area (Å²) in [5, 5.41) is 10.0. The molecular formula is C14H15F3O3. The van der Waals surface area contributed by atoms with Gasteiger partial charge in [0, 0.05) is 12.0 Å². The van der Waals surface area contributed by atoms with Crippen LogP contribution >= 0.6 is 0 Å². The second kappa shape index (κ2) is 3.81. The van der Waals surface area contributed by atoms with Crippen molar-refractivity contribution in [1.82, 2.24) is 0 Å². The van der Waals surface area contributed by atoms with Crippen LogP contribution in [0.2, 0.25) is 0 Å². The molecule has 110 valence electrons. The van der Waals surface area contributed by atoms with E-state index >= 15 is 0 Å². The molecule has 1 atom stereocenters. The Morgan fingerprint density at radius 3 is 2.55 bits per heavy atom. The summed E-state index contributed by atoms with van der Waals surface area (Å²) in [7, 11) is 0. The Morgan fingerprint density at radius 2 is 1.90 bits per heavy atom. The Bertz CT molecular complexity index is 566. The van der Waals surface area contributed by atoms with Gasteiger partial charge in [0.15, 0.2) is 17.1 Å². The molecule has 3 rings (SSSR count). The molecule has 1 aromatic carbocycles. The van der Waals surface area contributed by atoms with Crippen LogP contribution in [0.1, 0.15) is 31.4 Å². The van der Waals surface area contributed by atoms with Crippen molar-refractivity contribution in [2.75, 3.05) is 6.79 Å². The van der Waals surface area contributed by atoms with Gasteiger partial charge in [-0.2, -0.15) is 13.2 Å². The molecule has 6 heteroatoms. The van der Waals surface area contributed by atoms with Gasteiger partial charge >= 0.3 is 6.18 Å². The van der Waals surface area contributed by atoms with Gasteiger partial charge in [-0.1, -0.05) is 19.9 Å². The monoisotopic (exact) mass is 288 g/mol. The predicted octanol–water partition coefficient (Wildman–Crippen LogP) is 2.93. The van der Waals surface area contributed by atoms with Crippen LogP contribution in [0.3, 0.4) is 0 Å². The molecule has 1 unspecified atom stereocenters. The third kappa shape index (κ3) is 1.78. The number of hydrogen-bond acceptors (Lipinski definition) is 3. The van der Waals surface area contributed by atoms with Crippen LogP contribution in [0.25, 0.3) is 0 Å². The van der Waals surface area contributed by atoms with E-state index in [1.165, 1.54) is 0 Å². The second-order valence-corrected chi connectivity index (χ2v) is 6.10. The standard InChI is InChI=1S/C14H15F3O3/c1-12(2)6-13(18,14(15,16)17)5-8-3-4-9-11(10(8)12)20-7-19-9/h3-4,18H,5-7H2,1-2H3. The molecular weight excluding hydrogens is 273 g/mol. The molecule has 1 heterocycles. The van der Waals surface area contributed by atoms with Crippen LogP contribution < -0.4 is 9.47 Å². The lowest BCUT2D eigenvalue weighted by Gasteiger charge is -2.43. The second-order valence-electron chi connectivity index (χ2n) is 6.10. The van der Waals surface area contributed by atoms with Gasteiger partial charge in [-0.3, -0.25) is 0 Å². The van der Waals surface area contributed by atoms with E-state index in [2.05, 4.69) is 0 Å². The molecule has 0 radical (unpaired) electrons. The lowest BCUT2D eigenvalue weighted by atomic mass is 9.65. The molecule has 2 aliphatic rings. The molecule has 0 amide bonds. The summed E-state index contributed by atoms with van der Waals surface area (Å²) in [5.41, 5.74) is -2.37. The lowest BCUT2D eigenvalue weighted by molar-refractivity contribution is -0.268. The van der Waals surface area contributed by atoms with E-state index in [0.29, 0.717) is 22.6 Å². The molecule has 0 bridgehead atoms. The van der Waals surface area contributed by atoms with Gasteiger partial charge in [-0.15, -0.1) is 0 Å². The van der Waals surface area contributed by atoms with Gasteiger partial charge in [-0.05, 0) is 23.5 Å². The highest BCUT2D eigenvalue weighted by Gasteiger charge is 2.59. The molecule has 0 saturated heterocycles. The van der Waals surface area contributed by atoms with Gasteiger partial charge in [0.05, 0.1) is 0 Å². The smallest absolute Gasteiger partial charge is 0.417 e. The molecule has 1 aliphatic heterocycles. The summed E-state index contributed by atoms with van der Waals surface area (Å²) in [6, 6.07) is 3.18. The van der Waals surface area contributed by atoms with E-state index in [9.17, 15) is 18.3 Å². The van der Waals surface area contributed by atoms with E-state index in [-0.39, 0.29) is 6.79 Å². The SMILES string of the molecule is CC1(C)CC(O)(C(F)(F)F)Cc2ccc3c(c21)OCO3. The highest BCUT2D eigenvalue weighted by Crippen LogP contribution is 2.53. The van der Waals surface area contributed by atoms with Crippen LogP contribution in [0, 0.1) is 0 Å². The Kier molecular flexibility index (Phi) is 2.58. The van der Waals surface area contributed by atoms with Crippen molar-refractivity contribution in [3.8, 4) is 11.5 Å². The molecule has 1 aromatic rings. The quantitative estimate of drug-likeness (QED) is 0.797. The first-order valence-electron chi connectivity index (χ1n) is 6.35. The number of benzene rings is 1. The summed E-state index contributed by atoms with van der Waals surface area (Å²) in [5.74, 6) is 1.06. The normalized spacial score (nSPS) is 27.3. The van der Waals surface area contributed by atoms with E-state index in [4.69, 9.17) is 9.47 Å². The maximum absolute atomic E-state index is 13.1. The van der Waals surface area contributed by atoms with Crippen molar-refractivity contribution >= 4 is 0 Å². The minimum absolute atomic E-state index is 0.0748. The zero-order valence-electron chi connectivity index (χ0n) is 11.2. The number of halogens is 3. The predicted molar refractivity (Wildman–Crippen MR) is 64.9 cm³/mol. The summed E-state index contributed by atoms with van der Waals surface area (Å²) in [4.78, 5) is 0. The third-order valence-electron chi connectivity index (χ3n) is 4.05. The van der Waals surface area contributed by atoms with E-state index < -0.39 is 30.0 Å². The van der Waals surface area contributed by atoms with Crippen molar-refractivity contribution in [3.05, 3.63) is 23.3 Å². The number of rotatable bonds is 0. The van der Waals surface area contributed by atoms with Crippen LogP contribution in [0.5, 0.6) is 11.5 Å². The minimum atomic E-state index is -4.65. The zero-order valence-corrected chi connectivity index (χ0v) is 11.2. The fraction of sp³-hybridized carbons (Fsp3) is 0.571. The Balaban J connectivity index is 2.16. The minimum Gasteiger partial charge on any atom is -0.454 e. The number of fused-ring (bicyclic) bond motifs is 3. The first-order valence-corrected chi connectivity index (χ1v) is 6.35.